The number of benzene rings is 1. The van der Waals surface area contributed by atoms with Crippen molar-refractivity contribution in [3.05, 3.63) is 47.0 Å². The van der Waals surface area contributed by atoms with Crippen molar-refractivity contribution in [2.75, 3.05) is 7.05 Å². The Bertz CT molecular complexity index is 389. The SMILES string of the molecule is CCc1ccc(C(NC)C2=CCCCCC2)cc1. The fourth-order valence-corrected chi connectivity index (χ4v) is 2.81. The highest BCUT2D eigenvalue weighted by molar-refractivity contribution is 5.31. The van der Waals surface area contributed by atoms with Crippen LogP contribution >= 0.6 is 0 Å². The van der Waals surface area contributed by atoms with Crippen LogP contribution in [0.15, 0.2) is 35.9 Å². The number of hydrogen-bond donors (Lipinski definition) is 1. The molecule has 0 saturated carbocycles. The lowest BCUT2D eigenvalue weighted by atomic mass is 9.94. The minimum absolute atomic E-state index is 0.411. The van der Waals surface area contributed by atoms with Crippen LogP contribution in [0.3, 0.4) is 0 Å². The Balaban J connectivity index is 2.18. The number of allylic oxidation sites excluding steroid dienone is 1. The van der Waals surface area contributed by atoms with Crippen molar-refractivity contribution in [2.45, 2.75) is 51.5 Å². The minimum Gasteiger partial charge on any atom is -0.310 e. The van der Waals surface area contributed by atoms with Crippen LogP contribution in [0.4, 0.5) is 0 Å². The van der Waals surface area contributed by atoms with Crippen LogP contribution in [-0.2, 0) is 6.42 Å². The van der Waals surface area contributed by atoms with E-state index in [2.05, 4.69) is 49.6 Å². The standard InChI is InChI=1S/C17H25N/c1-3-14-10-12-16(13-11-14)17(18-2)15-8-6-4-5-7-9-15/h8,10-13,17-18H,3-7,9H2,1-2H3. The van der Waals surface area contributed by atoms with E-state index in [1.54, 1.807) is 5.57 Å². The van der Waals surface area contributed by atoms with E-state index in [-0.39, 0.29) is 0 Å². The van der Waals surface area contributed by atoms with Gasteiger partial charge in [0.15, 0.2) is 0 Å². The molecule has 0 aromatic heterocycles. The van der Waals surface area contributed by atoms with Crippen molar-refractivity contribution >= 4 is 0 Å². The zero-order valence-corrected chi connectivity index (χ0v) is 11.7. The summed E-state index contributed by atoms with van der Waals surface area (Å²) in [6.07, 6.45) is 10.2. The van der Waals surface area contributed by atoms with Crippen LogP contribution in [0, 0.1) is 0 Å². The topological polar surface area (TPSA) is 12.0 Å². The van der Waals surface area contributed by atoms with Crippen molar-refractivity contribution in [1.82, 2.24) is 5.32 Å². The second kappa shape index (κ2) is 6.75. The molecule has 1 aromatic rings. The van der Waals surface area contributed by atoms with E-state index in [9.17, 15) is 0 Å². The van der Waals surface area contributed by atoms with Gasteiger partial charge in [-0.3, -0.25) is 0 Å². The van der Waals surface area contributed by atoms with Gasteiger partial charge in [-0.1, -0.05) is 49.3 Å². The third kappa shape index (κ3) is 3.23. The van der Waals surface area contributed by atoms with Gasteiger partial charge in [0.05, 0.1) is 6.04 Å². The first kappa shape index (κ1) is 13.4. The summed E-state index contributed by atoms with van der Waals surface area (Å²) in [6.45, 7) is 2.21. The third-order valence-corrected chi connectivity index (χ3v) is 3.96. The first-order chi connectivity index (χ1) is 8.85. The quantitative estimate of drug-likeness (QED) is 0.773. The molecule has 1 nitrogen and oxygen atoms in total. The smallest absolute Gasteiger partial charge is 0.0533 e. The summed E-state index contributed by atoms with van der Waals surface area (Å²) in [7, 11) is 2.07. The van der Waals surface area contributed by atoms with E-state index < -0.39 is 0 Å². The van der Waals surface area contributed by atoms with Crippen molar-refractivity contribution in [2.24, 2.45) is 0 Å². The zero-order chi connectivity index (χ0) is 12.8. The van der Waals surface area contributed by atoms with Crippen molar-refractivity contribution in [1.29, 1.82) is 0 Å². The molecule has 0 bridgehead atoms. The largest absolute Gasteiger partial charge is 0.310 e. The fraction of sp³-hybridized carbons (Fsp3) is 0.529. The molecule has 1 aliphatic carbocycles. The van der Waals surface area contributed by atoms with Crippen molar-refractivity contribution in [3.8, 4) is 0 Å². The molecule has 0 radical (unpaired) electrons. The number of rotatable bonds is 4. The van der Waals surface area contributed by atoms with Crippen molar-refractivity contribution < 1.29 is 0 Å². The van der Waals surface area contributed by atoms with Crippen LogP contribution < -0.4 is 5.32 Å². The highest BCUT2D eigenvalue weighted by atomic mass is 14.9. The maximum atomic E-state index is 3.49. The normalized spacial score (nSPS) is 18.0. The number of hydrogen-bond acceptors (Lipinski definition) is 1. The Morgan fingerprint density at radius 3 is 2.56 bits per heavy atom. The molecule has 18 heavy (non-hydrogen) atoms. The summed E-state index contributed by atoms with van der Waals surface area (Å²) in [5, 5.41) is 3.49. The molecule has 1 heteroatoms. The van der Waals surface area contributed by atoms with Gasteiger partial charge in [-0.2, -0.15) is 0 Å². The molecule has 98 valence electrons. The molecular weight excluding hydrogens is 218 g/mol. The monoisotopic (exact) mass is 243 g/mol. The van der Waals surface area contributed by atoms with Gasteiger partial charge in [0.1, 0.15) is 0 Å². The summed E-state index contributed by atoms with van der Waals surface area (Å²) in [5.41, 5.74) is 4.41. The molecule has 1 atom stereocenters. The predicted octanol–water partition coefficient (Wildman–Crippen LogP) is 4.40. The van der Waals surface area contributed by atoms with Crippen molar-refractivity contribution in [3.63, 3.8) is 0 Å². The van der Waals surface area contributed by atoms with E-state index in [0.717, 1.165) is 6.42 Å². The van der Waals surface area contributed by atoms with Gasteiger partial charge >= 0.3 is 0 Å². The molecule has 1 unspecified atom stereocenters. The van der Waals surface area contributed by atoms with Gasteiger partial charge < -0.3 is 5.32 Å². The molecule has 0 spiro atoms. The van der Waals surface area contributed by atoms with Gasteiger partial charge in [-0.25, -0.2) is 0 Å². The summed E-state index contributed by atoms with van der Waals surface area (Å²) in [5.74, 6) is 0. The van der Waals surface area contributed by atoms with Gasteiger partial charge in [-0.15, -0.1) is 0 Å². The second-order valence-electron chi connectivity index (χ2n) is 5.20. The summed E-state index contributed by atoms with van der Waals surface area (Å²) >= 11 is 0. The van der Waals surface area contributed by atoms with Crippen LogP contribution in [0.5, 0.6) is 0 Å². The fourth-order valence-electron chi connectivity index (χ4n) is 2.81. The molecule has 1 aromatic carbocycles. The van der Waals surface area contributed by atoms with Gasteiger partial charge in [0.2, 0.25) is 0 Å². The van der Waals surface area contributed by atoms with E-state index in [1.807, 2.05) is 0 Å². The zero-order valence-electron chi connectivity index (χ0n) is 11.7. The predicted molar refractivity (Wildman–Crippen MR) is 78.8 cm³/mol. The average molecular weight is 243 g/mol. The summed E-state index contributed by atoms with van der Waals surface area (Å²) in [4.78, 5) is 0. The Labute approximate surface area is 111 Å². The molecular formula is C17H25N. The number of likely N-dealkylation sites (N-methyl/N-ethyl adjacent to an activating group) is 1. The highest BCUT2D eigenvalue weighted by Crippen LogP contribution is 2.29. The number of aryl methyl sites for hydroxylation is 1. The lowest BCUT2D eigenvalue weighted by Crippen LogP contribution is -2.18. The van der Waals surface area contributed by atoms with E-state index >= 15 is 0 Å². The summed E-state index contributed by atoms with van der Waals surface area (Å²) < 4.78 is 0. The second-order valence-corrected chi connectivity index (χ2v) is 5.20. The van der Waals surface area contributed by atoms with Crippen LogP contribution in [-0.4, -0.2) is 7.05 Å². The maximum absolute atomic E-state index is 3.49. The third-order valence-electron chi connectivity index (χ3n) is 3.96. The van der Waals surface area contributed by atoms with E-state index in [1.165, 1.54) is 43.2 Å². The first-order valence-electron chi connectivity index (χ1n) is 7.30. The van der Waals surface area contributed by atoms with Crippen LogP contribution in [0.1, 0.15) is 56.2 Å². The molecule has 0 saturated heterocycles. The molecule has 1 aliphatic rings. The van der Waals surface area contributed by atoms with E-state index in [4.69, 9.17) is 0 Å². The molecule has 2 rings (SSSR count). The first-order valence-corrected chi connectivity index (χ1v) is 7.30. The van der Waals surface area contributed by atoms with Crippen LogP contribution in [0.2, 0.25) is 0 Å². The lowest BCUT2D eigenvalue weighted by molar-refractivity contribution is 0.628. The average Bonchev–Trinajstić information content (AvgIpc) is 2.70. The Morgan fingerprint density at radius 2 is 1.89 bits per heavy atom. The molecule has 0 fully saturated rings. The minimum atomic E-state index is 0.411. The molecule has 0 aliphatic heterocycles. The van der Waals surface area contributed by atoms with Gasteiger partial charge in [0.25, 0.3) is 0 Å². The Hall–Kier alpha value is -1.08. The van der Waals surface area contributed by atoms with E-state index in [0.29, 0.717) is 6.04 Å². The van der Waals surface area contributed by atoms with Gasteiger partial charge in [-0.05, 0) is 50.3 Å². The van der Waals surface area contributed by atoms with Crippen LogP contribution in [0.25, 0.3) is 0 Å². The maximum Gasteiger partial charge on any atom is 0.0533 e. The lowest BCUT2D eigenvalue weighted by Gasteiger charge is -2.20. The summed E-state index contributed by atoms with van der Waals surface area (Å²) in [6, 6.07) is 9.50. The molecule has 0 amide bonds. The Kier molecular flexibility index (Phi) is 5.00. The van der Waals surface area contributed by atoms with Gasteiger partial charge in [0, 0.05) is 0 Å². The molecule has 0 heterocycles. The number of nitrogens with one attached hydrogen (secondary N) is 1. The molecule has 1 N–H and O–H groups in total. The highest BCUT2D eigenvalue weighted by Gasteiger charge is 2.15. The Morgan fingerprint density at radius 1 is 1.11 bits per heavy atom.